The zero-order valence-corrected chi connectivity index (χ0v) is 9.46. The van der Waals surface area contributed by atoms with E-state index in [1.807, 2.05) is 18.2 Å². The maximum atomic E-state index is 5.98. The minimum atomic E-state index is -0.128. The Bertz CT molecular complexity index is 563. The van der Waals surface area contributed by atoms with Crippen LogP contribution in [0.2, 0.25) is 0 Å². The number of anilines is 3. The van der Waals surface area contributed by atoms with Gasteiger partial charge < -0.3 is 16.4 Å². The quantitative estimate of drug-likeness (QED) is 0.458. The van der Waals surface area contributed by atoms with Crippen LogP contribution in [0.25, 0.3) is 10.8 Å². The lowest BCUT2D eigenvalue weighted by Crippen LogP contribution is -2.45. The maximum absolute atomic E-state index is 5.98. The molecule has 4 heteroatoms. The van der Waals surface area contributed by atoms with Crippen LogP contribution in [-0.2, 0) is 0 Å². The summed E-state index contributed by atoms with van der Waals surface area (Å²) in [6.45, 7) is 2.12. The van der Waals surface area contributed by atoms with Crippen molar-refractivity contribution in [1.82, 2.24) is 0 Å². The van der Waals surface area contributed by atoms with Crippen LogP contribution in [0.3, 0.4) is 0 Å². The molecule has 0 aliphatic carbocycles. The smallest absolute Gasteiger partial charge is 0.160 e. The fourth-order valence-corrected chi connectivity index (χ4v) is 2.34. The van der Waals surface area contributed by atoms with Gasteiger partial charge in [0, 0.05) is 27.8 Å². The molecule has 0 saturated heterocycles. The van der Waals surface area contributed by atoms with Crippen LogP contribution >= 0.6 is 0 Å². The van der Waals surface area contributed by atoms with E-state index in [0.29, 0.717) is 0 Å². The van der Waals surface area contributed by atoms with Gasteiger partial charge in [0.25, 0.3) is 0 Å². The highest BCUT2D eigenvalue weighted by molar-refractivity contribution is 6.22. The Morgan fingerprint density at radius 2 is 1.81 bits per heavy atom. The number of rotatable bonds is 0. The van der Waals surface area contributed by atoms with E-state index in [9.17, 15) is 0 Å². The number of hydrogen-bond acceptors (Lipinski definition) is 3. The van der Waals surface area contributed by atoms with Crippen molar-refractivity contribution >= 4 is 35.7 Å². The largest absolute Gasteiger partial charge is 0.398 e. The van der Waals surface area contributed by atoms with Crippen molar-refractivity contribution in [2.24, 2.45) is 0 Å². The second-order valence-corrected chi connectivity index (χ2v) is 4.81. The summed E-state index contributed by atoms with van der Waals surface area (Å²) in [6, 6.07) is 10.2. The van der Waals surface area contributed by atoms with Crippen molar-refractivity contribution < 1.29 is 0 Å². The van der Waals surface area contributed by atoms with Crippen LogP contribution in [-0.4, -0.2) is 13.4 Å². The molecule has 0 aromatic heterocycles. The van der Waals surface area contributed by atoms with Gasteiger partial charge in [0.1, 0.15) is 0 Å². The molecule has 1 unspecified atom stereocenters. The number of nitrogen functional groups attached to an aromatic ring is 1. The average Bonchev–Trinajstić information content (AvgIpc) is 2.21. The van der Waals surface area contributed by atoms with Crippen molar-refractivity contribution in [3.8, 4) is 0 Å². The molecule has 4 N–H and O–H groups in total. The first-order valence-electron chi connectivity index (χ1n) is 5.44. The molecule has 1 aliphatic heterocycles. The van der Waals surface area contributed by atoms with Crippen molar-refractivity contribution in [1.29, 1.82) is 0 Å². The molecule has 3 rings (SSSR count). The zero-order valence-electron chi connectivity index (χ0n) is 9.46. The Hall–Kier alpha value is -1.84. The van der Waals surface area contributed by atoms with E-state index in [1.165, 1.54) is 5.39 Å². The molecule has 1 aliphatic rings. The molecule has 0 saturated carbocycles. The number of nitrogens with two attached hydrogens (primary N) is 1. The lowest BCUT2D eigenvalue weighted by atomic mass is 9.85. The van der Waals surface area contributed by atoms with Crippen LogP contribution in [0.4, 0.5) is 17.1 Å². The Balaban J connectivity index is 2.39. The van der Waals surface area contributed by atoms with E-state index >= 15 is 0 Å². The van der Waals surface area contributed by atoms with Crippen molar-refractivity contribution in [2.75, 3.05) is 16.4 Å². The predicted molar refractivity (Wildman–Crippen MR) is 72.6 cm³/mol. The molecule has 0 spiro atoms. The van der Waals surface area contributed by atoms with E-state index in [1.54, 1.807) is 0 Å². The Labute approximate surface area is 95.4 Å². The van der Waals surface area contributed by atoms with Gasteiger partial charge in [0.05, 0.1) is 5.56 Å². The van der Waals surface area contributed by atoms with Crippen molar-refractivity contribution in [2.45, 2.75) is 12.5 Å². The van der Waals surface area contributed by atoms with Gasteiger partial charge in [-0.25, -0.2) is 0 Å². The molecular formula is C12H14BN3. The van der Waals surface area contributed by atoms with Gasteiger partial charge in [-0.1, -0.05) is 12.1 Å². The standard InChI is InChI=1S/C12H14BN3/c1-12(13)15-9-4-2-3-7-8(14)5-6-10(16-12)11(7)9/h2-6,15-16H,13-14H2,1H3. The Morgan fingerprint density at radius 1 is 1.12 bits per heavy atom. The molecular weight excluding hydrogens is 197 g/mol. The highest BCUT2D eigenvalue weighted by atomic mass is 15.2. The van der Waals surface area contributed by atoms with E-state index in [0.717, 1.165) is 22.4 Å². The van der Waals surface area contributed by atoms with Gasteiger partial charge in [-0.3, -0.25) is 0 Å². The number of benzene rings is 2. The molecule has 0 fully saturated rings. The maximum Gasteiger partial charge on any atom is 0.160 e. The fraction of sp³-hybridized carbons (Fsp3) is 0.167. The first-order chi connectivity index (χ1) is 7.57. The highest BCUT2D eigenvalue weighted by Crippen LogP contribution is 2.38. The monoisotopic (exact) mass is 211 g/mol. The SMILES string of the molecule is BC1(C)Nc2cccc3c(N)ccc(c23)N1. The lowest BCUT2D eigenvalue weighted by molar-refractivity contribution is 0.819. The lowest BCUT2D eigenvalue weighted by Gasteiger charge is -2.36. The molecule has 3 nitrogen and oxygen atoms in total. The van der Waals surface area contributed by atoms with E-state index in [2.05, 4.69) is 37.5 Å². The van der Waals surface area contributed by atoms with Gasteiger partial charge in [-0.15, -0.1) is 0 Å². The van der Waals surface area contributed by atoms with Gasteiger partial charge in [-0.05, 0) is 25.1 Å². The van der Waals surface area contributed by atoms with Gasteiger partial charge in [0.2, 0.25) is 0 Å². The molecule has 0 amide bonds. The molecule has 1 heterocycles. The number of hydrogen-bond donors (Lipinski definition) is 3. The highest BCUT2D eigenvalue weighted by Gasteiger charge is 2.24. The summed E-state index contributed by atoms with van der Waals surface area (Å²) in [5, 5.41) is 9.21. The number of nitrogens with one attached hydrogen (secondary N) is 2. The molecule has 0 radical (unpaired) electrons. The fourth-order valence-electron chi connectivity index (χ4n) is 2.34. The predicted octanol–water partition coefficient (Wildman–Crippen LogP) is 1.57. The van der Waals surface area contributed by atoms with Gasteiger partial charge >= 0.3 is 0 Å². The molecule has 1 atom stereocenters. The third kappa shape index (κ3) is 1.23. The van der Waals surface area contributed by atoms with Gasteiger partial charge in [0.15, 0.2) is 7.85 Å². The molecule has 0 bridgehead atoms. The third-order valence-electron chi connectivity index (χ3n) is 2.97. The van der Waals surface area contributed by atoms with E-state index < -0.39 is 0 Å². The average molecular weight is 211 g/mol. The third-order valence-corrected chi connectivity index (χ3v) is 2.97. The molecule has 16 heavy (non-hydrogen) atoms. The summed E-state index contributed by atoms with van der Waals surface area (Å²) < 4.78 is 0. The van der Waals surface area contributed by atoms with Crippen LogP contribution in [0, 0.1) is 0 Å². The molecule has 2 aromatic rings. The molecule has 80 valence electrons. The molecule has 2 aromatic carbocycles. The minimum Gasteiger partial charge on any atom is -0.398 e. The first-order valence-corrected chi connectivity index (χ1v) is 5.44. The second kappa shape index (κ2) is 2.85. The summed E-state index contributed by atoms with van der Waals surface area (Å²) in [4.78, 5) is 0. The van der Waals surface area contributed by atoms with Crippen LogP contribution in [0.1, 0.15) is 6.92 Å². The van der Waals surface area contributed by atoms with Crippen LogP contribution in [0.5, 0.6) is 0 Å². The van der Waals surface area contributed by atoms with Crippen molar-refractivity contribution in [3.63, 3.8) is 0 Å². The summed E-state index contributed by atoms with van der Waals surface area (Å²) in [5.41, 5.74) is 8.96. The topological polar surface area (TPSA) is 50.1 Å². The normalized spacial score (nSPS) is 22.6. The van der Waals surface area contributed by atoms with Crippen LogP contribution < -0.4 is 16.4 Å². The second-order valence-electron chi connectivity index (χ2n) is 4.81. The van der Waals surface area contributed by atoms with E-state index in [-0.39, 0.29) is 5.56 Å². The van der Waals surface area contributed by atoms with Gasteiger partial charge in [-0.2, -0.15) is 0 Å². The first kappa shape index (κ1) is 9.40. The van der Waals surface area contributed by atoms with Crippen molar-refractivity contribution in [3.05, 3.63) is 30.3 Å². The Kier molecular flexibility index (Phi) is 1.67. The summed E-state index contributed by atoms with van der Waals surface area (Å²) >= 11 is 0. The van der Waals surface area contributed by atoms with Crippen LogP contribution in [0.15, 0.2) is 30.3 Å². The summed E-state index contributed by atoms with van der Waals surface area (Å²) in [5.74, 6) is 0. The summed E-state index contributed by atoms with van der Waals surface area (Å²) in [6.07, 6.45) is 0. The minimum absolute atomic E-state index is 0.128. The Morgan fingerprint density at radius 3 is 2.56 bits per heavy atom. The van der Waals surface area contributed by atoms with E-state index in [4.69, 9.17) is 5.73 Å². The summed E-state index contributed by atoms with van der Waals surface area (Å²) in [7, 11) is 2.12. The zero-order chi connectivity index (χ0) is 11.3.